The van der Waals surface area contributed by atoms with Crippen molar-refractivity contribution in [1.29, 1.82) is 0 Å². The van der Waals surface area contributed by atoms with Crippen LogP contribution in [0.5, 0.6) is 5.75 Å². The maximum absolute atomic E-state index is 10.7. The van der Waals surface area contributed by atoms with Crippen molar-refractivity contribution in [3.05, 3.63) is 24.0 Å². The molecule has 1 aliphatic carbocycles. The lowest BCUT2D eigenvalue weighted by molar-refractivity contribution is -0.192. The molecule has 1 aliphatic rings. The van der Waals surface area contributed by atoms with Crippen LogP contribution in [-0.4, -0.2) is 34.2 Å². The summed E-state index contributed by atoms with van der Waals surface area (Å²) >= 11 is 0. The number of amides is 1. The number of hydrogen-bond donors (Lipinski definition) is 2. The molecule has 1 fully saturated rings. The minimum Gasteiger partial charge on any atom is -0.490 e. The van der Waals surface area contributed by atoms with Crippen molar-refractivity contribution in [2.24, 2.45) is 5.73 Å². The van der Waals surface area contributed by atoms with Crippen LogP contribution < -0.4 is 10.5 Å². The Labute approximate surface area is 124 Å². The lowest BCUT2D eigenvalue weighted by Crippen LogP contribution is -2.24. The van der Waals surface area contributed by atoms with Crippen LogP contribution in [0.1, 0.15) is 25.0 Å². The number of ether oxygens (including phenoxy) is 1. The van der Waals surface area contributed by atoms with Crippen molar-refractivity contribution >= 4 is 11.9 Å². The molecule has 2 rings (SSSR count). The molecule has 1 aromatic rings. The third-order valence-electron chi connectivity index (χ3n) is 2.74. The highest BCUT2D eigenvalue weighted by molar-refractivity contribution is 5.76. The number of carbonyl (C=O) groups excluding carboxylic acids is 1. The maximum Gasteiger partial charge on any atom is 0.490 e. The van der Waals surface area contributed by atoms with E-state index in [0.29, 0.717) is 11.8 Å². The lowest BCUT2D eigenvalue weighted by Gasteiger charge is -2.26. The van der Waals surface area contributed by atoms with Gasteiger partial charge in [-0.3, -0.25) is 9.78 Å². The number of rotatable bonds is 4. The van der Waals surface area contributed by atoms with E-state index in [2.05, 4.69) is 4.98 Å². The van der Waals surface area contributed by atoms with E-state index in [9.17, 15) is 18.0 Å². The van der Waals surface area contributed by atoms with E-state index in [-0.39, 0.29) is 12.3 Å². The van der Waals surface area contributed by atoms with Crippen LogP contribution in [0.15, 0.2) is 18.3 Å². The quantitative estimate of drug-likeness (QED) is 0.878. The molecular formula is C13H15F3N2O4. The molecule has 1 heterocycles. The fourth-order valence-corrected chi connectivity index (χ4v) is 1.49. The van der Waals surface area contributed by atoms with Gasteiger partial charge in [0.05, 0.1) is 18.2 Å². The zero-order chi connectivity index (χ0) is 16.8. The normalized spacial score (nSPS) is 14.3. The van der Waals surface area contributed by atoms with Gasteiger partial charge in [0.25, 0.3) is 0 Å². The van der Waals surface area contributed by atoms with Crippen LogP contribution in [0.3, 0.4) is 0 Å². The van der Waals surface area contributed by atoms with Crippen LogP contribution in [0, 0.1) is 0 Å². The first-order valence-corrected chi connectivity index (χ1v) is 6.38. The van der Waals surface area contributed by atoms with Crippen molar-refractivity contribution in [2.45, 2.75) is 38.0 Å². The van der Waals surface area contributed by atoms with Gasteiger partial charge < -0.3 is 15.6 Å². The molecule has 0 bridgehead atoms. The minimum atomic E-state index is -5.08. The molecule has 0 spiro atoms. The predicted octanol–water partition coefficient (Wildman–Crippen LogP) is 1.67. The Morgan fingerprint density at radius 2 is 2.00 bits per heavy atom. The van der Waals surface area contributed by atoms with Gasteiger partial charge in [0.2, 0.25) is 5.91 Å². The molecule has 9 heteroatoms. The van der Waals surface area contributed by atoms with Gasteiger partial charge in [0, 0.05) is 12.3 Å². The summed E-state index contributed by atoms with van der Waals surface area (Å²) in [5, 5.41) is 7.12. The molecule has 0 radical (unpaired) electrons. The van der Waals surface area contributed by atoms with E-state index in [1.807, 2.05) is 6.07 Å². The zero-order valence-corrected chi connectivity index (χ0v) is 11.5. The Kier molecular flexibility index (Phi) is 6.14. The first-order valence-electron chi connectivity index (χ1n) is 6.38. The summed E-state index contributed by atoms with van der Waals surface area (Å²) in [7, 11) is 0. The summed E-state index contributed by atoms with van der Waals surface area (Å²) in [5.74, 6) is -2.35. The van der Waals surface area contributed by atoms with Gasteiger partial charge in [0.15, 0.2) is 0 Å². The second-order valence-corrected chi connectivity index (χ2v) is 4.60. The molecule has 0 aromatic carbocycles. The standard InChI is InChI=1S/C11H14N2O2.C2HF3O2/c12-11(14)7-8-6-10(4-5-13-8)15-9-2-1-3-9;3-2(4,5)1(6)7/h4-6,9H,1-3,7H2,(H2,12,14);(H,6,7). The molecule has 0 unspecified atom stereocenters. The van der Waals surface area contributed by atoms with Gasteiger partial charge in [-0.25, -0.2) is 4.79 Å². The summed E-state index contributed by atoms with van der Waals surface area (Å²) in [6, 6.07) is 3.59. The first-order chi connectivity index (χ1) is 10.2. The van der Waals surface area contributed by atoms with Crippen molar-refractivity contribution in [3.8, 4) is 5.75 Å². The van der Waals surface area contributed by atoms with Crippen LogP contribution in [0.4, 0.5) is 13.2 Å². The van der Waals surface area contributed by atoms with E-state index >= 15 is 0 Å². The highest BCUT2D eigenvalue weighted by Crippen LogP contribution is 2.25. The monoisotopic (exact) mass is 320 g/mol. The van der Waals surface area contributed by atoms with Crippen LogP contribution in [0.25, 0.3) is 0 Å². The van der Waals surface area contributed by atoms with E-state index in [4.69, 9.17) is 20.4 Å². The first kappa shape index (κ1) is 17.7. The fourth-order valence-electron chi connectivity index (χ4n) is 1.49. The number of halogens is 3. The molecule has 22 heavy (non-hydrogen) atoms. The highest BCUT2D eigenvalue weighted by Gasteiger charge is 2.38. The molecule has 3 N–H and O–H groups in total. The van der Waals surface area contributed by atoms with Gasteiger partial charge in [-0.05, 0) is 25.3 Å². The second kappa shape index (κ2) is 7.62. The molecule has 1 aromatic heterocycles. The predicted molar refractivity (Wildman–Crippen MR) is 69.1 cm³/mol. The van der Waals surface area contributed by atoms with Crippen molar-refractivity contribution in [2.75, 3.05) is 0 Å². The third-order valence-corrected chi connectivity index (χ3v) is 2.74. The lowest BCUT2D eigenvalue weighted by atomic mass is 9.96. The number of aliphatic carboxylic acids is 1. The molecule has 1 saturated carbocycles. The van der Waals surface area contributed by atoms with Crippen molar-refractivity contribution in [3.63, 3.8) is 0 Å². The summed E-state index contributed by atoms with van der Waals surface area (Å²) in [5.41, 5.74) is 5.76. The van der Waals surface area contributed by atoms with E-state index in [0.717, 1.165) is 18.6 Å². The number of carboxylic acids is 1. The Bertz CT molecular complexity index is 530. The Balaban J connectivity index is 0.000000295. The van der Waals surface area contributed by atoms with Crippen LogP contribution in [0.2, 0.25) is 0 Å². The number of alkyl halides is 3. The van der Waals surface area contributed by atoms with E-state index in [1.54, 1.807) is 12.3 Å². The van der Waals surface area contributed by atoms with E-state index < -0.39 is 12.1 Å². The zero-order valence-electron chi connectivity index (χ0n) is 11.5. The van der Waals surface area contributed by atoms with Crippen LogP contribution in [-0.2, 0) is 16.0 Å². The SMILES string of the molecule is NC(=O)Cc1cc(OC2CCC2)ccn1.O=C(O)C(F)(F)F. The molecule has 122 valence electrons. The fraction of sp³-hybridized carbons (Fsp3) is 0.462. The molecule has 0 aliphatic heterocycles. The molecule has 0 atom stereocenters. The summed E-state index contributed by atoms with van der Waals surface area (Å²) in [6.45, 7) is 0. The number of carbonyl (C=O) groups is 2. The molecular weight excluding hydrogens is 305 g/mol. The number of nitrogens with zero attached hydrogens (tertiary/aromatic N) is 1. The van der Waals surface area contributed by atoms with Gasteiger partial charge in [-0.2, -0.15) is 13.2 Å². The van der Waals surface area contributed by atoms with Gasteiger partial charge in [-0.15, -0.1) is 0 Å². The number of carboxylic acid groups (broad SMARTS) is 1. The Hall–Kier alpha value is -2.32. The number of pyridine rings is 1. The number of aromatic nitrogens is 1. The average molecular weight is 320 g/mol. The summed E-state index contributed by atoms with van der Waals surface area (Å²) in [4.78, 5) is 23.7. The van der Waals surface area contributed by atoms with Gasteiger partial charge >= 0.3 is 12.1 Å². The second-order valence-electron chi connectivity index (χ2n) is 4.60. The topological polar surface area (TPSA) is 103 Å². The number of nitrogens with two attached hydrogens (primary N) is 1. The smallest absolute Gasteiger partial charge is 0.490 e. The molecule has 1 amide bonds. The van der Waals surface area contributed by atoms with E-state index in [1.165, 1.54) is 6.42 Å². The van der Waals surface area contributed by atoms with Crippen molar-refractivity contribution < 1.29 is 32.6 Å². The largest absolute Gasteiger partial charge is 0.490 e. The molecule has 0 saturated heterocycles. The third kappa shape index (κ3) is 6.42. The van der Waals surface area contributed by atoms with Crippen LogP contribution >= 0.6 is 0 Å². The Morgan fingerprint density at radius 3 is 2.41 bits per heavy atom. The van der Waals surface area contributed by atoms with Crippen molar-refractivity contribution in [1.82, 2.24) is 4.98 Å². The van der Waals surface area contributed by atoms with Gasteiger partial charge in [-0.1, -0.05) is 0 Å². The maximum atomic E-state index is 10.7. The number of primary amides is 1. The minimum absolute atomic E-state index is 0.169. The Morgan fingerprint density at radius 1 is 1.41 bits per heavy atom. The number of hydrogen-bond acceptors (Lipinski definition) is 4. The van der Waals surface area contributed by atoms with Gasteiger partial charge in [0.1, 0.15) is 5.75 Å². The summed E-state index contributed by atoms with van der Waals surface area (Å²) in [6.07, 6.45) is 0.549. The highest BCUT2D eigenvalue weighted by atomic mass is 19.4. The average Bonchev–Trinajstić information content (AvgIpc) is 2.33. The molecule has 6 nitrogen and oxygen atoms in total. The summed E-state index contributed by atoms with van der Waals surface area (Å²) < 4.78 is 37.4.